The zero-order chi connectivity index (χ0) is 13.8. The Hall–Kier alpha value is -1.61. The Labute approximate surface area is 115 Å². The fraction of sp³-hybridized carbons (Fsp3) is 0.438. The molecule has 1 N–H and O–H groups in total. The van der Waals surface area contributed by atoms with E-state index in [4.69, 9.17) is 0 Å². The number of nitrogens with zero attached hydrogens (tertiary/aromatic N) is 2. The SMILES string of the molecule is CCc1c(CNC(C)C)cnn1-c1ccc(C)cc1. The fourth-order valence-corrected chi connectivity index (χ4v) is 2.15. The summed E-state index contributed by atoms with van der Waals surface area (Å²) < 4.78 is 2.05. The molecule has 0 spiro atoms. The van der Waals surface area contributed by atoms with E-state index in [0.29, 0.717) is 6.04 Å². The molecule has 0 fully saturated rings. The van der Waals surface area contributed by atoms with Crippen LogP contribution < -0.4 is 5.32 Å². The summed E-state index contributed by atoms with van der Waals surface area (Å²) in [5, 5.41) is 8.00. The summed E-state index contributed by atoms with van der Waals surface area (Å²) in [6.45, 7) is 9.49. The van der Waals surface area contributed by atoms with Gasteiger partial charge in [-0.3, -0.25) is 0 Å². The van der Waals surface area contributed by atoms with Gasteiger partial charge >= 0.3 is 0 Å². The van der Waals surface area contributed by atoms with Gasteiger partial charge in [0.15, 0.2) is 0 Å². The van der Waals surface area contributed by atoms with Crippen LogP contribution in [0.15, 0.2) is 30.5 Å². The Kier molecular flexibility index (Phi) is 4.38. The summed E-state index contributed by atoms with van der Waals surface area (Å²) in [5.41, 5.74) is 4.99. The number of aryl methyl sites for hydroxylation is 1. The normalized spacial score (nSPS) is 11.2. The van der Waals surface area contributed by atoms with Crippen LogP contribution in [0, 0.1) is 6.92 Å². The van der Waals surface area contributed by atoms with E-state index in [1.165, 1.54) is 16.8 Å². The van der Waals surface area contributed by atoms with Gasteiger partial charge in [-0.05, 0) is 25.5 Å². The number of benzene rings is 1. The first kappa shape index (κ1) is 13.8. The molecule has 0 bridgehead atoms. The molecule has 0 aliphatic heterocycles. The molecule has 0 saturated carbocycles. The van der Waals surface area contributed by atoms with Crippen molar-refractivity contribution in [2.45, 2.75) is 46.7 Å². The Morgan fingerprint density at radius 3 is 2.47 bits per heavy atom. The predicted octanol–water partition coefficient (Wildman–Crippen LogP) is 3.24. The topological polar surface area (TPSA) is 29.9 Å². The molecule has 0 atom stereocenters. The fourth-order valence-electron chi connectivity index (χ4n) is 2.15. The Balaban J connectivity index is 2.28. The average molecular weight is 257 g/mol. The van der Waals surface area contributed by atoms with Crippen LogP contribution in [-0.4, -0.2) is 15.8 Å². The number of hydrogen-bond donors (Lipinski definition) is 1. The molecule has 0 radical (unpaired) electrons. The van der Waals surface area contributed by atoms with Gasteiger partial charge in [-0.15, -0.1) is 0 Å². The van der Waals surface area contributed by atoms with Gasteiger partial charge in [0.05, 0.1) is 11.9 Å². The highest BCUT2D eigenvalue weighted by Gasteiger charge is 2.10. The van der Waals surface area contributed by atoms with Crippen molar-refractivity contribution in [3.05, 3.63) is 47.3 Å². The van der Waals surface area contributed by atoms with E-state index in [-0.39, 0.29) is 0 Å². The second-order valence-electron chi connectivity index (χ2n) is 5.25. The van der Waals surface area contributed by atoms with E-state index < -0.39 is 0 Å². The van der Waals surface area contributed by atoms with E-state index in [2.05, 4.69) is 67.1 Å². The summed E-state index contributed by atoms with van der Waals surface area (Å²) in [6.07, 6.45) is 2.97. The van der Waals surface area contributed by atoms with E-state index in [0.717, 1.165) is 18.7 Å². The van der Waals surface area contributed by atoms with Crippen LogP contribution in [0.5, 0.6) is 0 Å². The predicted molar refractivity (Wildman–Crippen MR) is 79.7 cm³/mol. The quantitative estimate of drug-likeness (QED) is 0.891. The molecule has 3 nitrogen and oxygen atoms in total. The zero-order valence-electron chi connectivity index (χ0n) is 12.3. The van der Waals surface area contributed by atoms with Crippen LogP contribution in [-0.2, 0) is 13.0 Å². The summed E-state index contributed by atoms with van der Waals surface area (Å²) >= 11 is 0. The maximum absolute atomic E-state index is 4.54. The van der Waals surface area contributed by atoms with Gasteiger partial charge in [-0.2, -0.15) is 5.10 Å². The highest BCUT2D eigenvalue weighted by atomic mass is 15.3. The largest absolute Gasteiger partial charge is 0.310 e. The summed E-state index contributed by atoms with van der Waals surface area (Å²) in [5.74, 6) is 0. The van der Waals surface area contributed by atoms with Crippen molar-refractivity contribution >= 4 is 0 Å². The van der Waals surface area contributed by atoms with Crippen LogP contribution in [0.25, 0.3) is 5.69 Å². The molecule has 0 saturated heterocycles. The van der Waals surface area contributed by atoms with Crippen LogP contribution >= 0.6 is 0 Å². The first-order chi connectivity index (χ1) is 9.11. The molecule has 0 aliphatic rings. The van der Waals surface area contributed by atoms with Crippen molar-refractivity contribution in [2.75, 3.05) is 0 Å². The molecule has 2 aromatic rings. The summed E-state index contributed by atoms with van der Waals surface area (Å²) in [4.78, 5) is 0. The summed E-state index contributed by atoms with van der Waals surface area (Å²) in [6, 6.07) is 9.00. The molecule has 1 aromatic heterocycles. The number of aromatic nitrogens is 2. The van der Waals surface area contributed by atoms with E-state index >= 15 is 0 Å². The molecule has 19 heavy (non-hydrogen) atoms. The maximum atomic E-state index is 4.54. The van der Waals surface area contributed by atoms with Gasteiger partial charge < -0.3 is 5.32 Å². The van der Waals surface area contributed by atoms with Gasteiger partial charge in [0.25, 0.3) is 0 Å². The number of rotatable bonds is 5. The van der Waals surface area contributed by atoms with Crippen molar-refractivity contribution in [1.29, 1.82) is 0 Å². The lowest BCUT2D eigenvalue weighted by Crippen LogP contribution is -2.22. The van der Waals surface area contributed by atoms with Gasteiger partial charge in [-0.25, -0.2) is 4.68 Å². The molecular formula is C16H23N3. The molecule has 1 heterocycles. The summed E-state index contributed by atoms with van der Waals surface area (Å²) in [7, 11) is 0. The van der Waals surface area contributed by atoms with Crippen LogP contribution in [0.2, 0.25) is 0 Å². The van der Waals surface area contributed by atoms with E-state index in [1.807, 2.05) is 6.20 Å². The second kappa shape index (κ2) is 6.02. The van der Waals surface area contributed by atoms with Crippen LogP contribution in [0.3, 0.4) is 0 Å². The first-order valence-electron chi connectivity index (χ1n) is 6.98. The molecule has 0 aliphatic carbocycles. The molecule has 3 heteroatoms. The highest BCUT2D eigenvalue weighted by molar-refractivity contribution is 5.37. The minimum absolute atomic E-state index is 0.493. The maximum Gasteiger partial charge on any atom is 0.0649 e. The van der Waals surface area contributed by atoms with Crippen molar-refractivity contribution < 1.29 is 0 Å². The van der Waals surface area contributed by atoms with E-state index in [1.54, 1.807) is 0 Å². The molecular weight excluding hydrogens is 234 g/mol. The third-order valence-corrected chi connectivity index (χ3v) is 3.27. The standard InChI is InChI=1S/C16H23N3/c1-5-16-14(10-17-12(2)3)11-18-19(16)15-8-6-13(4)7-9-15/h6-9,11-12,17H,5,10H2,1-4H3. The first-order valence-corrected chi connectivity index (χ1v) is 6.98. The number of nitrogens with one attached hydrogen (secondary N) is 1. The second-order valence-corrected chi connectivity index (χ2v) is 5.25. The third-order valence-electron chi connectivity index (χ3n) is 3.27. The minimum atomic E-state index is 0.493. The smallest absolute Gasteiger partial charge is 0.0649 e. The number of hydrogen-bond acceptors (Lipinski definition) is 2. The van der Waals surface area contributed by atoms with Gasteiger partial charge in [0.1, 0.15) is 0 Å². The molecule has 2 rings (SSSR count). The molecule has 0 amide bonds. The van der Waals surface area contributed by atoms with Crippen molar-refractivity contribution in [3.8, 4) is 5.69 Å². The van der Waals surface area contributed by atoms with Crippen molar-refractivity contribution in [3.63, 3.8) is 0 Å². The van der Waals surface area contributed by atoms with Crippen LogP contribution in [0.4, 0.5) is 0 Å². The van der Waals surface area contributed by atoms with Gasteiger partial charge in [-0.1, -0.05) is 38.5 Å². The average Bonchev–Trinajstić information content (AvgIpc) is 2.80. The molecule has 102 valence electrons. The Morgan fingerprint density at radius 2 is 1.89 bits per heavy atom. The van der Waals surface area contributed by atoms with Crippen LogP contribution in [0.1, 0.15) is 37.6 Å². The Morgan fingerprint density at radius 1 is 1.21 bits per heavy atom. The zero-order valence-corrected chi connectivity index (χ0v) is 12.3. The lowest BCUT2D eigenvalue weighted by molar-refractivity contribution is 0.586. The molecule has 0 unspecified atom stereocenters. The monoisotopic (exact) mass is 257 g/mol. The Bertz CT molecular complexity index is 523. The van der Waals surface area contributed by atoms with Crippen molar-refractivity contribution in [2.24, 2.45) is 0 Å². The van der Waals surface area contributed by atoms with Gasteiger partial charge in [0.2, 0.25) is 0 Å². The lowest BCUT2D eigenvalue weighted by Gasteiger charge is -2.10. The molecule has 1 aromatic carbocycles. The highest BCUT2D eigenvalue weighted by Crippen LogP contribution is 2.16. The van der Waals surface area contributed by atoms with Gasteiger partial charge in [0, 0.05) is 23.8 Å². The van der Waals surface area contributed by atoms with Crippen molar-refractivity contribution in [1.82, 2.24) is 15.1 Å². The van der Waals surface area contributed by atoms with E-state index in [9.17, 15) is 0 Å². The lowest BCUT2D eigenvalue weighted by atomic mass is 10.2. The minimum Gasteiger partial charge on any atom is -0.310 e. The third kappa shape index (κ3) is 3.24.